The van der Waals surface area contributed by atoms with Crippen LogP contribution in [0.1, 0.15) is 12.1 Å². The van der Waals surface area contributed by atoms with Gasteiger partial charge in [-0.05, 0) is 42.7 Å². The van der Waals surface area contributed by atoms with Gasteiger partial charge in [-0.1, -0.05) is 24.3 Å². The van der Waals surface area contributed by atoms with Crippen LogP contribution in [0.15, 0.2) is 55.0 Å². The highest BCUT2D eigenvalue weighted by atomic mass is 16.2. The molecule has 4 aromatic rings. The molecule has 0 aliphatic carbocycles. The fraction of sp³-hybridized carbons (Fsp3) is 0.250. The summed E-state index contributed by atoms with van der Waals surface area (Å²) in [5, 5.41) is 17.5. The molecule has 2 aromatic carbocycles. The molecule has 1 aliphatic rings. The molecule has 1 fully saturated rings. The SMILES string of the molecule is Cc1nn(C)c2cc(-c3ccc(-n4cnc(NC(=O)[C@H]5CCN(C#N)C5)c4)cc3)ccc12. The Bertz CT molecular complexity index is 1340. The van der Waals surface area contributed by atoms with Crippen molar-refractivity contribution in [2.75, 3.05) is 18.4 Å². The summed E-state index contributed by atoms with van der Waals surface area (Å²) in [6, 6.07) is 14.6. The van der Waals surface area contributed by atoms with Crippen molar-refractivity contribution in [2.45, 2.75) is 13.3 Å². The van der Waals surface area contributed by atoms with Crippen LogP contribution in [0.4, 0.5) is 5.82 Å². The summed E-state index contributed by atoms with van der Waals surface area (Å²) in [7, 11) is 1.96. The molecule has 32 heavy (non-hydrogen) atoms. The van der Waals surface area contributed by atoms with E-state index in [1.54, 1.807) is 17.4 Å². The number of carbonyl (C=O) groups is 1. The first-order valence-electron chi connectivity index (χ1n) is 10.6. The van der Waals surface area contributed by atoms with E-state index >= 15 is 0 Å². The lowest BCUT2D eigenvalue weighted by molar-refractivity contribution is -0.119. The number of imidazole rings is 1. The molecule has 160 valence electrons. The summed E-state index contributed by atoms with van der Waals surface area (Å²) in [4.78, 5) is 18.4. The standard InChI is InChI=1S/C24H23N7O/c1-16-21-8-5-18(11-22(21)29(2)28-16)17-3-6-20(7-4-17)31-13-23(26-15-31)27-24(32)19-9-10-30(12-19)14-25/h3-8,11,13,15,19H,9-10,12H2,1-2H3,(H,27,32)/t19-/m0/s1. The summed E-state index contributed by atoms with van der Waals surface area (Å²) >= 11 is 0. The first-order valence-corrected chi connectivity index (χ1v) is 10.6. The van der Waals surface area contributed by atoms with Gasteiger partial charge in [0.1, 0.15) is 6.33 Å². The van der Waals surface area contributed by atoms with Crippen molar-refractivity contribution in [1.82, 2.24) is 24.2 Å². The Hall–Kier alpha value is -4.12. The number of nitrogens with one attached hydrogen (secondary N) is 1. The van der Waals surface area contributed by atoms with Crippen molar-refractivity contribution in [3.05, 3.63) is 60.7 Å². The van der Waals surface area contributed by atoms with E-state index in [0.717, 1.165) is 28.0 Å². The van der Waals surface area contributed by atoms with Gasteiger partial charge in [-0.15, -0.1) is 0 Å². The minimum Gasteiger partial charge on any atom is -0.310 e. The zero-order valence-electron chi connectivity index (χ0n) is 18.0. The van der Waals surface area contributed by atoms with Gasteiger partial charge in [-0.25, -0.2) is 4.98 Å². The molecule has 1 saturated heterocycles. The molecule has 3 heterocycles. The Morgan fingerprint density at radius 3 is 2.72 bits per heavy atom. The van der Waals surface area contributed by atoms with Gasteiger partial charge in [0.15, 0.2) is 12.0 Å². The summed E-state index contributed by atoms with van der Waals surface area (Å²) < 4.78 is 3.79. The van der Waals surface area contributed by atoms with E-state index in [4.69, 9.17) is 5.26 Å². The topological polar surface area (TPSA) is 91.8 Å². The number of hydrogen-bond donors (Lipinski definition) is 1. The third kappa shape index (κ3) is 3.58. The third-order valence-electron chi connectivity index (χ3n) is 6.07. The second-order valence-corrected chi connectivity index (χ2v) is 8.17. The zero-order chi connectivity index (χ0) is 22.2. The maximum absolute atomic E-state index is 12.4. The number of hydrogen-bond acceptors (Lipinski definition) is 5. The smallest absolute Gasteiger partial charge is 0.230 e. The fourth-order valence-corrected chi connectivity index (χ4v) is 4.27. The zero-order valence-corrected chi connectivity index (χ0v) is 18.0. The second-order valence-electron chi connectivity index (χ2n) is 8.17. The van der Waals surface area contributed by atoms with Crippen LogP contribution in [0.25, 0.3) is 27.7 Å². The average Bonchev–Trinajstić information content (AvgIpc) is 3.54. The molecule has 1 N–H and O–H groups in total. The number of aryl methyl sites for hydroxylation is 2. The number of rotatable bonds is 4. The van der Waals surface area contributed by atoms with Crippen molar-refractivity contribution in [3.8, 4) is 23.0 Å². The van der Waals surface area contributed by atoms with E-state index in [-0.39, 0.29) is 11.8 Å². The van der Waals surface area contributed by atoms with E-state index in [1.165, 1.54) is 5.39 Å². The van der Waals surface area contributed by atoms with Gasteiger partial charge in [-0.2, -0.15) is 10.4 Å². The molecule has 0 spiro atoms. The highest BCUT2D eigenvalue weighted by Gasteiger charge is 2.28. The van der Waals surface area contributed by atoms with Gasteiger partial charge in [0.05, 0.1) is 23.3 Å². The molecule has 8 heteroatoms. The molecule has 1 amide bonds. The molecule has 1 atom stereocenters. The normalized spacial score (nSPS) is 15.8. The van der Waals surface area contributed by atoms with Gasteiger partial charge in [0.2, 0.25) is 5.91 Å². The molecule has 2 aromatic heterocycles. The maximum atomic E-state index is 12.4. The molecule has 0 bridgehead atoms. The van der Waals surface area contributed by atoms with Crippen LogP contribution in [0.3, 0.4) is 0 Å². The quantitative estimate of drug-likeness (QED) is 0.506. The monoisotopic (exact) mass is 425 g/mol. The highest BCUT2D eigenvalue weighted by molar-refractivity contribution is 5.92. The Kier molecular flexibility index (Phi) is 4.86. The first kappa shape index (κ1) is 19.8. The van der Waals surface area contributed by atoms with E-state index < -0.39 is 0 Å². The first-order chi connectivity index (χ1) is 15.5. The lowest BCUT2D eigenvalue weighted by atomic mass is 10.0. The van der Waals surface area contributed by atoms with Crippen LogP contribution >= 0.6 is 0 Å². The van der Waals surface area contributed by atoms with Crippen molar-refractivity contribution in [2.24, 2.45) is 13.0 Å². The number of amides is 1. The maximum Gasteiger partial charge on any atom is 0.230 e. The summed E-state index contributed by atoms with van der Waals surface area (Å²) in [5.74, 6) is 0.232. The number of nitriles is 1. The molecule has 1 aliphatic heterocycles. The number of fused-ring (bicyclic) bond motifs is 1. The van der Waals surface area contributed by atoms with Gasteiger partial charge >= 0.3 is 0 Å². The number of anilines is 1. The summed E-state index contributed by atoms with van der Waals surface area (Å²) in [6.07, 6.45) is 6.27. The number of nitrogens with zero attached hydrogens (tertiary/aromatic N) is 6. The van der Waals surface area contributed by atoms with Crippen LogP contribution < -0.4 is 5.32 Å². The van der Waals surface area contributed by atoms with Crippen LogP contribution in [0.2, 0.25) is 0 Å². The summed E-state index contributed by atoms with van der Waals surface area (Å²) in [5.41, 5.74) is 5.35. The Labute approximate surface area is 185 Å². The molecule has 5 rings (SSSR count). The Balaban J connectivity index is 1.31. The van der Waals surface area contributed by atoms with Crippen molar-refractivity contribution < 1.29 is 4.79 Å². The number of aromatic nitrogens is 4. The predicted octanol–water partition coefficient (Wildman–Crippen LogP) is 3.48. The Morgan fingerprint density at radius 1 is 1.19 bits per heavy atom. The van der Waals surface area contributed by atoms with Crippen LogP contribution in [0, 0.1) is 24.3 Å². The number of carbonyl (C=O) groups excluding carboxylic acids is 1. The fourth-order valence-electron chi connectivity index (χ4n) is 4.27. The van der Waals surface area contributed by atoms with E-state index in [1.807, 2.05) is 35.4 Å². The van der Waals surface area contributed by atoms with Gasteiger partial charge < -0.3 is 14.8 Å². The largest absolute Gasteiger partial charge is 0.310 e. The number of likely N-dealkylation sites (tertiary alicyclic amines) is 1. The molecule has 8 nitrogen and oxygen atoms in total. The summed E-state index contributed by atoms with van der Waals surface area (Å²) in [6.45, 7) is 3.12. The molecular weight excluding hydrogens is 402 g/mol. The van der Waals surface area contributed by atoms with Gasteiger partial charge in [0, 0.05) is 31.2 Å². The second kappa shape index (κ2) is 7.85. The third-order valence-corrected chi connectivity index (χ3v) is 6.07. The van der Waals surface area contributed by atoms with Crippen LogP contribution in [0.5, 0.6) is 0 Å². The minimum absolute atomic E-state index is 0.0934. The van der Waals surface area contributed by atoms with Crippen LogP contribution in [-0.4, -0.2) is 43.2 Å². The lowest BCUT2D eigenvalue weighted by Crippen LogP contribution is -2.25. The van der Waals surface area contributed by atoms with E-state index in [9.17, 15) is 4.79 Å². The average molecular weight is 425 g/mol. The van der Waals surface area contributed by atoms with Crippen molar-refractivity contribution in [1.29, 1.82) is 5.26 Å². The van der Waals surface area contributed by atoms with Gasteiger partial charge in [0.25, 0.3) is 0 Å². The van der Waals surface area contributed by atoms with E-state index in [2.05, 4.69) is 51.9 Å². The van der Waals surface area contributed by atoms with Crippen molar-refractivity contribution in [3.63, 3.8) is 0 Å². The molecule has 0 unspecified atom stereocenters. The van der Waals surface area contributed by atoms with E-state index in [0.29, 0.717) is 25.3 Å². The molecular formula is C24H23N7O. The van der Waals surface area contributed by atoms with Crippen LogP contribution in [-0.2, 0) is 11.8 Å². The van der Waals surface area contributed by atoms with Gasteiger partial charge in [-0.3, -0.25) is 9.48 Å². The Morgan fingerprint density at radius 2 is 1.97 bits per heavy atom. The minimum atomic E-state index is -0.181. The molecule has 0 radical (unpaired) electrons. The molecule has 0 saturated carbocycles. The number of benzene rings is 2. The highest BCUT2D eigenvalue weighted by Crippen LogP contribution is 2.27. The predicted molar refractivity (Wildman–Crippen MR) is 122 cm³/mol. The lowest BCUT2D eigenvalue weighted by Gasteiger charge is -2.09. The van der Waals surface area contributed by atoms with Crippen molar-refractivity contribution >= 4 is 22.6 Å².